The number of halogens is 2. The highest BCUT2D eigenvalue weighted by atomic mass is 79.9. The Morgan fingerprint density at radius 2 is 1.62 bits per heavy atom. The number of hydrogen-bond acceptors (Lipinski definition) is 2. The number of carbonyl (C=O) groups is 1. The highest BCUT2D eigenvalue weighted by Crippen LogP contribution is 2.31. The van der Waals surface area contributed by atoms with Crippen molar-refractivity contribution in [2.75, 3.05) is 0 Å². The third-order valence-corrected chi connectivity index (χ3v) is 5.15. The quantitative estimate of drug-likeness (QED) is 0.464. The van der Waals surface area contributed by atoms with E-state index in [1.165, 1.54) is 5.56 Å². The number of ether oxygens (including phenoxy) is 1. The molecule has 2 aromatic rings. The standard InChI is InChI=1S/C20H22Br2O2/c1-5-13(2)14-6-8-15(9-7-14)19(23)24-20(3,4)16-10-17(21)12-18(22)11-16/h6-13H,5H2,1-4H3. The Bertz CT molecular complexity index is 701. The van der Waals surface area contributed by atoms with Crippen LogP contribution in [0.3, 0.4) is 0 Å². The fourth-order valence-corrected chi connectivity index (χ4v) is 3.73. The number of esters is 1. The lowest BCUT2D eigenvalue weighted by Crippen LogP contribution is -2.25. The van der Waals surface area contributed by atoms with Gasteiger partial charge in [0.15, 0.2) is 0 Å². The molecule has 1 atom stereocenters. The van der Waals surface area contributed by atoms with Crippen molar-refractivity contribution >= 4 is 37.8 Å². The first-order valence-electron chi connectivity index (χ1n) is 8.03. The van der Waals surface area contributed by atoms with Crippen LogP contribution in [0.5, 0.6) is 0 Å². The van der Waals surface area contributed by atoms with E-state index in [0.29, 0.717) is 11.5 Å². The van der Waals surface area contributed by atoms with Gasteiger partial charge >= 0.3 is 5.97 Å². The first-order chi connectivity index (χ1) is 11.2. The SMILES string of the molecule is CCC(C)c1ccc(C(=O)OC(C)(C)c2cc(Br)cc(Br)c2)cc1. The van der Waals surface area contributed by atoms with Crippen molar-refractivity contribution in [1.82, 2.24) is 0 Å². The zero-order valence-electron chi connectivity index (χ0n) is 14.4. The molecule has 2 aromatic carbocycles. The molecule has 0 aromatic heterocycles. The Balaban J connectivity index is 2.18. The molecule has 24 heavy (non-hydrogen) atoms. The first kappa shape index (κ1) is 19.2. The molecule has 0 aliphatic carbocycles. The molecule has 0 radical (unpaired) electrons. The maximum absolute atomic E-state index is 12.5. The molecule has 0 saturated carbocycles. The molecular weight excluding hydrogens is 432 g/mol. The Kier molecular flexibility index (Phi) is 6.27. The van der Waals surface area contributed by atoms with Crippen molar-refractivity contribution in [2.24, 2.45) is 0 Å². The molecule has 4 heteroatoms. The molecule has 0 aliphatic heterocycles. The predicted octanol–water partition coefficient (Wildman–Crippen LogP) is 6.82. The van der Waals surface area contributed by atoms with E-state index in [4.69, 9.17) is 4.74 Å². The van der Waals surface area contributed by atoms with Crippen molar-refractivity contribution in [2.45, 2.75) is 45.6 Å². The second kappa shape index (κ2) is 7.83. The van der Waals surface area contributed by atoms with Gasteiger partial charge in [0.2, 0.25) is 0 Å². The van der Waals surface area contributed by atoms with E-state index in [1.54, 1.807) is 0 Å². The molecule has 0 spiro atoms. The van der Waals surface area contributed by atoms with Gasteiger partial charge in [0.25, 0.3) is 0 Å². The van der Waals surface area contributed by atoms with Gasteiger partial charge in [0, 0.05) is 8.95 Å². The van der Waals surface area contributed by atoms with E-state index in [-0.39, 0.29) is 5.97 Å². The number of rotatable bonds is 5. The van der Waals surface area contributed by atoms with Crippen LogP contribution in [0.1, 0.15) is 61.5 Å². The van der Waals surface area contributed by atoms with Crippen LogP contribution >= 0.6 is 31.9 Å². The van der Waals surface area contributed by atoms with E-state index in [1.807, 2.05) is 56.3 Å². The van der Waals surface area contributed by atoms with Crippen LogP contribution in [0, 0.1) is 0 Å². The van der Waals surface area contributed by atoms with Gasteiger partial charge in [-0.15, -0.1) is 0 Å². The molecule has 128 valence electrons. The molecule has 1 unspecified atom stereocenters. The van der Waals surface area contributed by atoms with Crippen molar-refractivity contribution < 1.29 is 9.53 Å². The molecule has 2 rings (SSSR count). The zero-order valence-corrected chi connectivity index (χ0v) is 17.6. The van der Waals surface area contributed by atoms with Crippen LogP contribution in [-0.2, 0) is 10.3 Å². The van der Waals surface area contributed by atoms with Crippen LogP contribution < -0.4 is 0 Å². The normalized spacial score (nSPS) is 12.8. The summed E-state index contributed by atoms with van der Waals surface area (Å²) in [6.07, 6.45) is 1.08. The van der Waals surface area contributed by atoms with Crippen molar-refractivity contribution in [3.63, 3.8) is 0 Å². The third kappa shape index (κ3) is 4.70. The largest absolute Gasteiger partial charge is 0.451 e. The van der Waals surface area contributed by atoms with Gasteiger partial charge in [-0.3, -0.25) is 0 Å². The summed E-state index contributed by atoms with van der Waals surface area (Å²) in [5.74, 6) is 0.178. The summed E-state index contributed by atoms with van der Waals surface area (Å²) in [5, 5.41) is 0. The Labute approximate surface area is 160 Å². The lowest BCUT2D eigenvalue weighted by Gasteiger charge is -2.26. The van der Waals surface area contributed by atoms with Gasteiger partial charge in [-0.05, 0) is 67.6 Å². The number of hydrogen-bond donors (Lipinski definition) is 0. The Morgan fingerprint density at radius 1 is 1.08 bits per heavy atom. The minimum Gasteiger partial charge on any atom is -0.451 e. The van der Waals surface area contributed by atoms with Gasteiger partial charge in [-0.25, -0.2) is 4.79 Å². The Morgan fingerprint density at radius 3 is 2.12 bits per heavy atom. The maximum Gasteiger partial charge on any atom is 0.338 e. The minimum atomic E-state index is -0.723. The summed E-state index contributed by atoms with van der Waals surface area (Å²) in [6, 6.07) is 13.6. The van der Waals surface area contributed by atoms with Crippen molar-refractivity contribution in [1.29, 1.82) is 0 Å². The minimum absolute atomic E-state index is 0.313. The van der Waals surface area contributed by atoms with Gasteiger partial charge in [0.1, 0.15) is 5.60 Å². The second-order valence-corrected chi connectivity index (χ2v) is 8.32. The molecule has 0 saturated heterocycles. The van der Waals surface area contributed by atoms with Crippen molar-refractivity contribution in [3.05, 3.63) is 68.1 Å². The van der Waals surface area contributed by atoms with Gasteiger partial charge in [-0.2, -0.15) is 0 Å². The average molecular weight is 454 g/mol. The molecule has 0 bridgehead atoms. The van der Waals surface area contributed by atoms with Crippen LogP contribution in [-0.4, -0.2) is 5.97 Å². The topological polar surface area (TPSA) is 26.3 Å². The smallest absolute Gasteiger partial charge is 0.338 e. The van der Waals surface area contributed by atoms with E-state index >= 15 is 0 Å². The summed E-state index contributed by atoms with van der Waals surface area (Å²) in [6.45, 7) is 8.13. The van der Waals surface area contributed by atoms with E-state index in [9.17, 15) is 4.79 Å². The number of carbonyl (C=O) groups excluding carboxylic acids is 1. The zero-order chi connectivity index (χ0) is 17.9. The predicted molar refractivity (Wildman–Crippen MR) is 105 cm³/mol. The first-order valence-corrected chi connectivity index (χ1v) is 9.61. The van der Waals surface area contributed by atoms with Crippen molar-refractivity contribution in [3.8, 4) is 0 Å². The molecule has 2 nitrogen and oxygen atoms in total. The van der Waals surface area contributed by atoms with Gasteiger partial charge < -0.3 is 4.74 Å². The van der Waals surface area contributed by atoms with Gasteiger partial charge in [-0.1, -0.05) is 57.8 Å². The fraction of sp³-hybridized carbons (Fsp3) is 0.350. The Hall–Kier alpha value is -1.13. The highest BCUT2D eigenvalue weighted by Gasteiger charge is 2.26. The summed E-state index contributed by atoms with van der Waals surface area (Å²) in [5.41, 5.74) is 2.01. The average Bonchev–Trinajstić information content (AvgIpc) is 2.53. The second-order valence-electron chi connectivity index (χ2n) is 6.49. The molecular formula is C20H22Br2O2. The number of benzene rings is 2. The molecule has 0 amide bonds. The molecule has 0 fully saturated rings. The van der Waals surface area contributed by atoms with Crippen LogP contribution in [0.15, 0.2) is 51.4 Å². The summed E-state index contributed by atoms with van der Waals surface area (Å²) in [7, 11) is 0. The molecule has 0 N–H and O–H groups in total. The fourth-order valence-electron chi connectivity index (χ4n) is 2.43. The summed E-state index contributed by atoms with van der Waals surface area (Å²) < 4.78 is 7.64. The van der Waals surface area contributed by atoms with Gasteiger partial charge in [0.05, 0.1) is 5.56 Å². The van der Waals surface area contributed by atoms with Crippen LogP contribution in [0.25, 0.3) is 0 Å². The van der Waals surface area contributed by atoms with Crippen LogP contribution in [0.4, 0.5) is 0 Å². The lowest BCUT2D eigenvalue weighted by molar-refractivity contribution is -0.00317. The summed E-state index contributed by atoms with van der Waals surface area (Å²) >= 11 is 6.95. The third-order valence-electron chi connectivity index (χ3n) is 4.23. The van der Waals surface area contributed by atoms with Crippen LogP contribution in [0.2, 0.25) is 0 Å². The monoisotopic (exact) mass is 452 g/mol. The van der Waals surface area contributed by atoms with E-state index < -0.39 is 5.60 Å². The van der Waals surface area contributed by atoms with E-state index in [2.05, 4.69) is 45.7 Å². The summed E-state index contributed by atoms with van der Waals surface area (Å²) in [4.78, 5) is 12.5. The lowest BCUT2D eigenvalue weighted by atomic mass is 9.97. The maximum atomic E-state index is 12.5. The van der Waals surface area contributed by atoms with E-state index in [0.717, 1.165) is 20.9 Å². The highest BCUT2D eigenvalue weighted by molar-refractivity contribution is 9.11. The molecule has 0 heterocycles. The molecule has 0 aliphatic rings.